The number of carboxylic acid groups (broad SMARTS) is 1. The Labute approximate surface area is 147 Å². The van der Waals surface area contributed by atoms with Gasteiger partial charge in [-0.25, -0.2) is 9.89 Å². The molecule has 1 aromatic heterocycles. The summed E-state index contributed by atoms with van der Waals surface area (Å²) in [6.45, 7) is 0. The largest absolute Gasteiger partial charge is 0.478 e. The van der Waals surface area contributed by atoms with Gasteiger partial charge in [0.1, 0.15) is 0 Å². The third-order valence-corrected chi connectivity index (χ3v) is 3.86. The van der Waals surface area contributed by atoms with E-state index < -0.39 is 5.97 Å². The maximum atomic E-state index is 11.3. The highest BCUT2D eigenvalue weighted by atomic mass is 35.5. The van der Waals surface area contributed by atoms with Gasteiger partial charge in [0, 0.05) is 11.1 Å². The van der Waals surface area contributed by atoms with E-state index in [4.69, 9.17) is 23.8 Å². The first kappa shape index (κ1) is 16.1. The molecule has 0 unspecified atom stereocenters. The number of aromatic amines is 1. The van der Waals surface area contributed by atoms with Gasteiger partial charge in [0.15, 0.2) is 5.82 Å². The second kappa shape index (κ2) is 6.77. The van der Waals surface area contributed by atoms with E-state index >= 15 is 0 Å². The van der Waals surface area contributed by atoms with E-state index in [0.29, 0.717) is 22.0 Å². The molecule has 2 N–H and O–H groups in total. The number of aromatic carboxylic acids is 1. The molecule has 0 aliphatic heterocycles. The van der Waals surface area contributed by atoms with E-state index in [1.807, 2.05) is 12.1 Å². The number of aromatic nitrogens is 3. The number of rotatable bonds is 4. The van der Waals surface area contributed by atoms with Crippen molar-refractivity contribution in [3.8, 4) is 11.4 Å². The fraction of sp³-hybridized carbons (Fsp3) is 0. The van der Waals surface area contributed by atoms with Gasteiger partial charge < -0.3 is 5.11 Å². The first-order valence-electron chi connectivity index (χ1n) is 6.87. The average Bonchev–Trinajstić information content (AvgIpc) is 2.94. The highest BCUT2D eigenvalue weighted by Crippen LogP contribution is 2.25. The molecule has 1 heterocycles. The van der Waals surface area contributed by atoms with Crippen LogP contribution < -0.4 is 0 Å². The summed E-state index contributed by atoms with van der Waals surface area (Å²) in [5.41, 5.74) is 1.27. The first-order valence-corrected chi connectivity index (χ1v) is 7.65. The normalized spacial score (nSPS) is 11.0. The molecule has 0 fully saturated rings. The third kappa shape index (κ3) is 3.12. The van der Waals surface area contributed by atoms with Crippen LogP contribution in [0.15, 0.2) is 53.6 Å². The van der Waals surface area contributed by atoms with Crippen molar-refractivity contribution in [3.05, 3.63) is 69.5 Å². The summed E-state index contributed by atoms with van der Waals surface area (Å²) in [6, 6.07) is 13.7. The first-order chi connectivity index (χ1) is 11.6. The maximum absolute atomic E-state index is 11.3. The van der Waals surface area contributed by atoms with E-state index in [1.54, 1.807) is 30.3 Å². The van der Waals surface area contributed by atoms with Crippen LogP contribution in [-0.2, 0) is 0 Å². The molecule has 0 saturated heterocycles. The maximum Gasteiger partial charge on any atom is 0.336 e. The van der Waals surface area contributed by atoms with Crippen LogP contribution in [0.25, 0.3) is 11.4 Å². The molecule has 0 amide bonds. The van der Waals surface area contributed by atoms with Gasteiger partial charge in [-0.1, -0.05) is 41.9 Å². The molecule has 6 nitrogen and oxygen atoms in total. The zero-order chi connectivity index (χ0) is 17.1. The third-order valence-electron chi connectivity index (χ3n) is 3.27. The van der Waals surface area contributed by atoms with Crippen molar-refractivity contribution in [2.75, 3.05) is 0 Å². The lowest BCUT2D eigenvalue weighted by atomic mass is 10.1. The standard InChI is InChI=1S/C16H11ClN4O2S/c17-13-8-4-3-7-12(13)14-19-20-16(24)21(14)18-9-10-5-1-2-6-11(10)15(22)23/h1-9H,(H,20,24)(H,22,23). The second-order valence-corrected chi connectivity index (χ2v) is 5.57. The monoisotopic (exact) mass is 358 g/mol. The summed E-state index contributed by atoms with van der Waals surface area (Å²) in [5, 5.41) is 20.8. The zero-order valence-electron chi connectivity index (χ0n) is 12.2. The van der Waals surface area contributed by atoms with Crippen molar-refractivity contribution in [1.29, 1.82) is 0 Å². The Morgan fingerprint density at radius 2 is 1.96 bits per heavy atom. The Balaban J connectivity index is 2.07. The lowest BCUT2D eigenvalue weighted by Gasteiger charge is -2.03. The minimum atomic E-state index is -1.03. The van der Waals surface area contributed by atoms with Crippen LogP contribution in [0.4, 0.5) is 0 Å². The fourth-order valence-corrected chi connectivity index (χ4v) is 2.54. The summed E-state index contributed by atoms with van der Waals surface area (Å²) in [6.07, 6.45) is 1.43. The van der Waals surface area contributed by atoms with Gasteiger partial charge in [0.05, 0.1) is 16.8 Å². The van der Waals surface area contributed by atoms with Crippen molar-refractivity contribution in [1.82, 2.24) is 14.9 Å². The quantitative estimate of drug-likeness (QED) is 0.548. The molecule has 24 heavy (non-hydrogen) atoms. The number of nitrogens with one attached hydrogen (secondary N) is 1. The van der Waals surface area contributed by atoms with Gasteiger partial charge in [-0.05, 0) is 30.4 Å². The molecule has 3 aromatic rings. The van der Waals surface area contributed by atoms with Gasteiger partial charge in [-0.2, -0.15) is 14.9 Å². The smallest absolute Gasteiger partial charge is 0.336 e. The van der Waals surface area contributed by atoms with Gasteiger partial charge in [-0.3, -0.25) is 0 Å². The van der Waals surface area contributed by atoms with E-state index in [2.05, 4.69) is 15.3 Å². The van der Waals surface area contributed by atoms with Crippen LogP contribution >= 0.6 is 23.8 Å². The van der Waals surface area contributed by atoms with Crippen LogP contribution in [-0.4, -0.2) is 32.2 Å². The van der Waals surface area contributed by atoms with E-state index in [1.165, 1.54) is 17.0 Å². The molecule has 0 aliphatic carbocycles. The van der Waals surface area contributed by atoms with Gasteiger partial charge >= 0.3 is 5.97 Å². The lowest BCUT2D eigenvalue weighted by Crippen LogP contribution is -2.02. The van der Waals surface area contributed by atoms with Crippen molar-refractivity contribution in [2.24, 2.45) is 5.10 Å². The number of H-pyrrole nitrogens is 1. The molecular formula is C16H11ClN4O2S. The van der Waals surface area contributed by atoms with Crippen molar-refractivity contribution in [3.63, 3.8) is 0 Å². The predicted octanol–water partition coefficient (Wildman–Crippen LogP) is 3.84. The number of benzene rings is 2. The number of nitrogens with zero attached hydrogens (tertiary/aromatic N) is 3. The van der Waals surface area contributed by atoms with Crippen LogP contribution in [0.1, 0.15) is 15.9 Å². The van der Waals surface area contributed by atoms with Gasteiger partial charge in [-0.15, -0.1) is 0 Å². The average molecular weight is 359 g/mol. The summed E-state index contributed by atoms with van der Waals surface area (Å²) >= 11 is 11.4. The Bertz CT molecular complexity index is 993. The number of carboxylic acids is 1. The molecule has 0 atom stereocenters. The highest BCUT2D eigenvalue weighted by Gasteiger charge is 2.12. The fourth-order valence-electron chi connectivity index (χ4n) is 2.14. The predicted molar refractivity (Wildman–Crippen MR) is 94.3 cm³/mol. The van der Waals surface area contributed by atoms with Crippen LogP contribution in [0.2, 0.25) is 5.02 Å². The molecule has 0 bridgehead atoms. The van der Waals surface area contributed by atoms with Crippen LogP contribution in [0, 0.1) is 4.77 Å². The lowest BCUT2D eigenvalue weighted by molar-refractivity contribution is 0.0697. The SMILES string of the molecule is O=C(O)c1ccccc1C=Nn1c(-c2ccccc2Cl)n[nH]c1=S. The molecular weight excluding hydrogens is 348 g/mol. The Kier molecular flexibility index (Phi) is 4.54. The highest BCUT2D eigenvalue weighted by molar-refractivity contribution is 7.71. The van der Waals surface area contributed by atoms with E-state index in [-0.39, 0.29) is 10.3 Å². The van der Waals surface area contributed by atoms with Crippen molar-refractivity contribution < 1.29 is 9.90 Å². The number of hydrogen-bond acceptors (Lipinski definition) is 4. The van der Waals surface area contributed by atoms with Gasteiger partial charge in [0.25, 0.3) is 0 Å². The summed E-state index contributed by atoms with van der Waals surface area (Å²) in [4.78, 5) is 11.3. The van der Waals surface area contributed by atoms with Crippen molar-refractivity contribution in [2.45, 2.75) is 0 Å². The molecule has 0 saturated carbocycles. The Morgan fingerprint density at radius 3 is 2.71 bits per heavy atom. The topological polar surface area (TPSA) is 83.3 Å². The van der Waals surface area contributed by atoms with Crippen LogP contribution in [0.5, 0.6) is 0 Å². The minimum Gasteiger partial charge on any atom is -0.478 e. The molecule has 2 aromatic carbocycles. The molecule has 0 aliphatic rings. The molecule has 0 spiro atoms. The number of carbonyl (C=O) groups is 1. The van der Waals surface area contributed by atoms with Crippen molar-refractivity contribution >= 4 is 36.0 Å². The summed E-state index contributed by atoms with van der Waals surface area (Å²) in [5.74, 6) is -0.589. The van der Waals surface area contributed by atoms with E-state index in [9.17, 15) is 9.90 Å². The Morgan fingerprint density at radius 1 is 1.25 bits per heavy atom. The summed E-state index contributed by atoms with van der Waals surface area (Å²) in [7, 11) is 0. The minimum absolute atomic E-state index is 0.149. The molecule has 3 rings (SSSR count). The van der Waals surface area contributed by atoms with Crippen LogP contribution in [0.3, 0.4) is 0 Å². The van der Waals surface area contributed by atoms with E-state index in [0.717, 1.165) is 0 Å². The molecule has 8 heteroatoms. The zero-order valence-corrected chi connectivity index (χ0v) is 13.8. The second-order valence-electron chi connectivity index (χ2n) is 4.78. The summed E-state index contributed by atoms with van der Waals surface area (Å²) < 4.78 is 1.67. The number of halogens is 1. The molecule has 0 radical (unpaired) electrons. The molecule has 120 valence electrons. The van der Waals surface area contributed by atoms with Gasteiger partial charge in [0.2, 0.25) is 4.77 Å². The Hall–Kier alpha value is -2.77. The number of hydrogen-bond donors (Lipinski definition) is 2.